The van der Waals surface area contributed by atoms with Crippen LogP contribution in [0.15, 0.2) is 49.2 Å². The van der Waals surface area contributed by atoms with Gasteiger partial charge in [0.25, 0.3) is 0 Å². The molecule has 0 radical (unpaired) electrons. The maximum atomic E-state index is 6.71. The second kappa shape index (κ2) is 9.20. The van der Waals surface area contributed by atoms with Crippen molar-refractivity contribution >= 4 is 48.1 Å². The summed E-state index contributed by atoms with van der Waals surface area (Å²) in [5.41, 5.74) is 8.99. The zero-order valence-corrected chi connectivity index (χ0v) is 16.5. The van der Waals surface area contributed by atoms with E-state index in [9.17, 15) is 0 Å². The van der Waals surface area contributed by atoms with Gasteiger partial charge in [0.1, 0.15) is 0 Å². The van der Waals surface area contributed by atoms with Gasteiger partial charge in [0, 0.05) is 30.2 Å². The van der Waals surface area contributed by atoms with E-state index in [0.717, 1.165) is 18.0 Å². The first-order chi connectivity index (χ1) is 10.8. The van der Waals surface area contributed by atoms with Gasteiger partial charge in [-0.3, -0.25) is 9.88 Å². The maximum Gasteiger partial charge on any atom is 0.0705 e. The molecule has 25 heavy (non-hydrogen) atoms. The third-order valence-corrected chi connectivity index (χ3v) is 5.61. The molecule has 0 saturated carbocycles. The molecule has 2 N–H and O–H groups in total. The van der Waals surface area contributed by atoms with Gasteiger partial charge in [0.15, 0.2) is 0 Å². The van der Waals surface area contributed by atoms with E-state index in [1.807, 2.05) is 12.3 Å². The Balaban J connectivity index is 0.00000104. The Hall–Kier alpha value is -0.840. The van der Waals surface area contributed by atoms with Crippen LogP contribution in [0, 0.1) is 11.8 Å². The highest BCUT2D eigenvalue weighted by Gasteiger charge is 2.41. The number of nitrogens with two attached hydrogens (primary N) is 1. The van der Waals surface area contributed by atoms with E-state index in [2.05, 4.69) is 46.8 Å². The minimum Gasteiger partial charge on any atom is -0.323 e. The molecule has 0 aliphatic carbocycles. The van der Waals surface area contributed by atoms with Gasteiger partial charge in [0.05, 0.1) is 5.52 Å². The highest BCUT2D eigenvalue weighted by atomic mass is 35.5. The van der Waals surface area contributed by atoms with Crippen LogP contribution < -0.4 is 5.73 Å². The summed E-state index contributed by atoms with van der Waals surface area (Å²) in [5, 5.41) is 1.19. The highest BCUT2D eigenvalue weighted by molar-refractivity contribution is 5.86. The van der Waals surface area contributed by atoms with Gasteiger partial charge in [-0.2, -0.15) is 0 Å². The van der Waals surface area contributed by atoms with Gasteiger partial charge < -0.3 is 5.73 Å². The number of halogens is 3. The lowest BCUT2D eigenvalue weighted by molar-refractivity contribution is 0.00749. The molecule has 1 aromatic heterocycles. The molecule has 5 rings (SSSR count). The van der Waals surface area contributed by atoms with Crippen molar-refractivity contribution in [1.29, 1.82) is 0 Å². The van der Waals surface area contributed by atoms with Crippen molar-refractivity contribution in [2.45, 2.75) is 24.9 Å². The lowest BCUT2D eigenvalue weighted by atomic mass is 9.73. The normalized spacial score (nSPS) is 28.2. The molecule has 138 valence electrons. The first-order valence-electron chi connectivity index (χ1n) is 8.24. The molecule has 1 unspecified atom stereocenters. The third kappa shape index (κ3) is 3.96. The predicted molar refractivity (Wildman–Crippen MR) is 112 cm³/mol. The van der Waals surface area contributed by atoms with Crippen LogP contribution in [0.2, 0.25) is 0 Å². The van der Waals surface area contributed by atoms with E-state index in [4.69, 9.17) is 5.73 Å². The SMILES string of the molecule is C=C[C@H]1CN2CC[C@H]1C[C@@H]2[C@H](N)c1ccnc2ccccc12.Cl.Cl.Cl. The quantitative estimate of drug-likeness (QED) is 0.774. The second-order valence-corrected chi connectivity index (χ2v) is 6.69. The molecule has 2 aromatic rings. The number of hydrogen-bond donors (Lipinski definition) is 1. The van der Waals surface area contributed by atoms with E-state index in [-0.39, 0.29) is 43.3 Å². The molecule has 5 atom stereocenters. The molecule has 3 aliphatic rings. The maximum absolute atomic E-state index is 6.71. The van der Waals surface area contributed by atoms with Gasteiger partial charge >= 0.3 is 0 Å². The van der Waals surface area contributed by atoms with Crippen molar-refractivity contribution in [3.05, 3.63) is 54.7 Å². The van der Waals surface area contributed by atoms with Crippen molar-refractivity contribution in [3.8, 4) is 0 Å². The molecule has 3 nitrogen and oxygen atoms in total. The Morgan fingerprint density at radius 3 is 2.64 bits per heavy atom. The van der Waals surface area contributed by atoms with Crippen molar-refractivity contribution in [3.63, 3.8) is 0 Å². The number of fused-ring (bicyclic) bond motifs is 4. The average molecular weight is 403 g/mol. The number of hydrogen-bond acceptors (Lipinski definition) is 3. The fraction of sp³-hybridized carbons (Fsp3) is 0.421. The summed E-state index contributed by atoms with van der Waals surface area (Å²) >= 11 is 0. The summed E-state index contributed by atoms with van der Waals surface area (Å²) in [5.74, 6) is 1.40. The smallest absolute Gasteiger partial charge is 0.0705 e. The molecule has 0 amide bonds. The molecule has 0 spiro atoms. The lowest BCUT2D eigenvalue weighted by Crippen LogP contribution is -2.56. The number of rotatable bonds is 3. The monoisotopic (exact) mass is 401 g/mol. The van der Waals surface area contributed by atoms with Crippen LogP contribution in [-0.4, -0.2) is 29.0 Å². The minimum atomic E-state index is 0. The summed E-state index contributed by atoms with van der Waals surface area (Å²) < 4.78 is 0. The third-order valence-electron chi connectivity index (χ3n) is 5.61. The number of pyridine rings is 1. The zero-order valence-electron chi connectivity index (χ0n) is 14.1. The number of aromatic nitrogens is 1. The standard InChI is InChI=1S/C19H23N3.3ClH/c1-2-13-12-22-10-8-14(13)11-18(22)19(20)16-7-9-21-17-6-4-3-5-15(16)17;;;/h2-7,9,13-14,18-19H,1,8,10-12,20H2;3*1H/t13-,14-,18+,19+;;;/m0.../s1. The molecule has 4 heterocycles. The molecule has 1 aromatic carbocycles. The van der Waals surface area contributed by atoms with Gasteiger partial charge in [0.2, 0.25) is 0 Å². The number of piperidine rings is 3. The van der Waals surface area contributed by atoms with Crippen LogP contribution in [0.4, 0.5) is 0 Å². The van der Waals surface area contributed by atoms with Crippen LogP contribution in [0.5, 0.6) is 0 Å². The first-order valence-corrected chi connectivity index (χ1v) is 8.24. The van der Waals surface area contributed by atoms with Gasteiger partial charge in [-0.1, -0.05) is 24.3 Å². The second-order valence-electron chi connectivity index (χ2n) is 6.69. The fourth-order valence-electron chi connectivity index (χ4n) is 4.37. The number of nitrogens with zero attached hydrogens (tertiary/aromatic N) is 2. The van der Waals surface area contributed by atoms with E-state index in [1.54, 1.807) is 0 Å². The Morgan fingerprint density at radius 2 is 1.96 bits per heavy atom. The van der Waals surface area contributed by atoms with Crippen LogP contribution in [0.1, 0.15) is 24.4 Å². The average Bonchev–Trinajstić information content (AvgIpc) is 2.60. The van der Waals surface area contributed by atoms with Crippen molar-refractivity contribution < 1.29 is 0 Å². The highest BCUT2D eigenvalue weighted by Crippen LogP contribution is 2.41. The summed E-state index contributed by atoms with van der Waals surface area (Å²) in [6.07, 6.45) is 6.51. The lowest BCUT2D eigenvalue weighted by Gasteiger charge is -2.51. The van der Waals surface area contributed by atoms with Gasteiger partial charge in [-0.15, -0.1) is 43.8 Å². The number of benzene rings is 1. The largest absolute Gasteiger partial charge is 0.323 e. The predicted octanol–water partition coefficient (Wildman–Crippen LogP) is 4.40. The van der Waals surface area contributed by atoms with E-state index < -0.39 is 0 Å². The molecule has 3 saturated heterocycles. The van der Waals surface area contributed by atoms with Crippen molar-refractivity contribution in [2.24, 2.45) is 17.6 Å². The van der Waals surface area contributed by atoms with Crippen LogP contribution >= 0.6 is 37.2 Å². The Bertz CT molecular complexity index is 704. The van der Waals surface area contributed by atoms with Crippen LogP contribution in [0.3, 0.4) is 0 Å². The van der Waals surface area contributed by atoms with Crippen LogP contribution in [0.25, 0.3) is 10.9 Å². The van der Waals surface area contributed by atoms with E-state index in [0.29, 0.717) is 12.0 Å². The Kier molecular flexibility index (Phi) is 8.17. The molecule has 3 aliphatic heterocycles. The molecular weight excluding hydrogens is 377 g/mol. The Morgan fingerprint density at radius 1 is 1.20 bits per heavy atom. The van der Waals surface area contributed by atoms with Gasteiger partial charge in [-0.25, -0.2) is 0 Å². The van der Waals surface area contributed by atoms with Crippen molar-refractivity contribution in [2.75, 3.05) is 13.1 Å². The number of para-hydroxylation sites is 1. The topological polar surface area (TPSA) is 42.1 Å². The first kappa shape index (κ1) is 22.2. The van der Waals surface area contributed by atoms with Crippen LogP contribution in [-0.2, 0) is 0 Å². The van der Waals surface area contributed by atoms with Crippen molar-refractivity contribution in [1.82, 2.24) is 9.88 Å². The molecule has 3 fully saturated rings. The van der Waals surface area contributed by atoms with E-state index in [1.165, 1.54) is 30.3 Å². The van der Waals surface area contributed by atoms with E-state index >= 15 is 0 Å². The molecule has 6 heteroatoms. The Labute approximate surface area is 168 Å². The minimum absolute atomic E-state index is 0. The molecular formula is C19H26Cl3N3. The molecule has 2 bridgehead atoms. The summed E-state index contributed by atoms with van der Waals surface area (Å²) in [4.78, 5) is 7.04. The van der Waals surface area contributed by atoms with Gasteiger partial charge in [-0.05, 0) is 48.9 Å². The summed E-state index contributed by atoms with van der Waals surface area (Å²) in [7, 11) is 0. The summed E-state index contributed by atoms with van der Waals surface area (Å²) in [6, 6.07) is 10.9. The zero-order chi connectivity index (χ0) is 15.1. The fourth-order valence-corrected chi connectivity index (χ4v) is 4.37. The summed E-state index contributed by atoms with van der Waals surface area (Å²) in [6.45, 7) is 6.30.